The van der Waals surface area contributed by atoms with Crippen LogP contribution in [0.4, 0.5) is 11.6 Å². The Morgan fingerprint density at radius 1 is 0.548 bits per heavy atom. The molecule has 0 saturated carbocycles. The monoisotopic (exact) mass is 610 g/mol. The number of rotatable bonds is 8. The zero-order valence-electron chi connectivity index (χ0n) is 23.5. The van der Waals surface area contributed by atoms with Crippen LogP contribution in [0.1, 0.15) is 13.8 Å². The largest absolute Gasteiger partial charge is 0.495 e. The molecule has 222 valence electrons. The maximum Gasteiger partial charge on any atom is 0.141 e. The molecule has 0 N–H and O–H groups in total. The average Bonchev–Trinajstić information content (AvgIpc) is 3.28. The molecule has 0 atom stereocenters. The first-order valence-corrected chi connectivity index (χ1v) is 14.0. The molecule has 0 radical (unpaired) electrons. The van der Waals surface area contributed by atoms with E-state index >= 15 is 0 Å². The third kappa shape index (κ3) is 6.45. The molecule has 0 spiro atoms. The van der Waals surface area contributed by atoms with Crippen LogP contribution in [0, 0.1) is 0 Å². The maximum atomic E-state index is 6.34. The molecule has 8 nitrogen and oxygen atoms in total. The van der Waals surface area contributed by atoms with Crippen molar-refractivity contribution in [3.05, 3.63) is 71.0 Å². The zero-order chi connectivity index (χ0) is 28.9. The van der Waals surface area contributed by atoms with Crippen molar-refractivity contribution in [1.29, 1.82) is 0 Å². The van der Waals surface area contributed by atoms with Gasteiger partial charge in [-0.25, -0.2) is 9.97 Å². The Labute approximate surface area is 257 Å². The summed E-state index contributed by atoms with van der Waals surface area (Å²) in [4.78, 5) is 14.2. The highest BCUT2D eigenvalue weighted by Crippen LogP contribution is 2.40. The molecule has 1 aliphatic rings. The second kappa shape index (κ2) is 13.9. The van der Waals surface area contributed by atoms with Gasteiger partial charge in [0.05, 0.1) is 28.4 Å². The third-order valence-corrected chi connectivity index (χ3v) is 7.94. The van der Waals surface area contributed by atoms with Gasteiger partial charge in [-0.2, -0.15) is 0 Å². The first-order chi connectivity index (χ1) is 19.9. The van der Waals surface area contributed by atoms with Gasteiger partial charge in [0.1, 0.15) is 44.7 Å². The van der Waals surface area contributed by atoms with Crippen molar-refractivity contribution in [2.24, 2.45) is 0 Å². The van der Waals surface area contributed by atoms with Crippen molar-refractivity contribution < 1.29 is 18.9 Å². The standard InChI is InChI=1S/C31H32Cl2N4O4.CH4/c1-38-24-14-22(15-25(39-2)30(24)32)20-6-8-28(34-18-20)36-10-5-11-37(13-12-36)29-9-7-21(19-35-29)23-16-26(40-3)31(33)27(17-23)41-4;/h6-9,14-19H,5,10-13H2,1-4H3;1H4. The van der Waals surface area contributed by atoms with Crippen LogP contribution in [0.5, 0.6) is 23.0 Å². The summed E-state index contributed by atoms with van der Waals surface area (Å²) >= 11 is 12.7. The Bertz CT molecular complexity index is 1340. The minimum atomic E-state index is 0. The van der Waals surface area contributed by atoms with E-state index in [9.17, 15) is 0 Å². The van der Waals surface area contributed by atoms with Crippen molar-refractivity contribution in [2.45, 2.75) is 13.8 Å². The SMILES string of the molecule is C.COc1cc(-c2ccc(N3CCCN(c4ccc(-c5cc(OC)c(Cl)c(OC)c5)cn4)CC3)nc2)cc(OC)c1Cl. The van der Waals surface area contributed by atoms with Gasteiger partial charge in [0.2, 0.25) is 0 Å². The highest BCUT2D eigenvalue weighted by molar-refractivity contribution is 6.34. The van der Waals surface area contributed by atoms with Gasteiger partial charge >= 0.3 is 0 Å². The Hall–Kier alpha value is -3.88. The first-order valence-electron chi connectivity index (χ1n) is 13.2. The quantitative estimate of drug-likeness (QED) is 0.203. The number of hydrogen-bond acceptors (Lipinski definition) is 8. The molecule has 3 heterocycles. The van der Waals surface area contributed by atoms with Crippen LogP contribution in [0.2, 0.25) is 10.0 Å². The van der Waals surface area contributed by atoms with Crippen LogP contribution in [-0.4, -0.2) is 64.6 Å². The normalized spacial score (nSPS) is 13.2. The number of hydrogen-bond donors (Lipinski definition) is 0. The Morgan fingerprint density at radius 3 is 1.19 bits per heavy atom. The lowest BCUT2D eigenvalue weighted by atomic mass is 10.1. The molecule has 1 aliphatic heterocycles. The van der Waals surface area contributed by atoms with Gasteiger partial charge in [0, 0.05) is 49.7 Å². The van der Waals surface area contributed by atoms with E-state index in [2.05, 4.69) is 34.1 Å². The number of aromatic nitrogens is 2. The fraction of sp³-hybridized carbons (Fsp3) is 0.312. The molecule has 1 fully saturated rings. The van der Waals surface area contributed by atoms with Gasteiger partial charge in [0.25, 0.3) is 0 Å². The van der Waals surface area contributed by atoms with Gasteiger partial charge in [-0.3, -0.25) is 0 Å². The Balaban J connectivity index is 0.00000405. The molecule has 42 heavy (non-hydrogen) atoms. The minimum absolute atomic E-state index is 0. The first kappa shape index (κ1) is 31.1. The van der Waals surface area contributed by atoms with Crippen LogP contribution in [0.3, 0.4) is 0 Å². The van der Waals surface area contributed by atoms with Gasteiger partial charge in [0.15, 0.2) is 0 Å². The van der Waals surface area contributed by atoms with E-state index in [1.165, 1.54) is 0 Å². The van der Waals surface area contributed by atoms with E-state index in [0.29, 0.717) is 33.0 Å². The van der Waals surface area contributed by atoms with E-state index in [-0.39, 0.29) is 7.43 Å². The average molecular weight is 612 g/mol. The predicted molar refractivity (Wildman–Crippen MR) is 171 cm³/mol. The van der Waals surface area contributed by atoms with Crippen molar-refractivity contribution in [1.82, 2.24) is 9.97 Å². The second-order valence-corrected chi connectivity index (χ2v) is 10.3. The number of ether oxygens (including phenoxy) is 4. The van der Waals surface area contributed by atoms with Crippen molar-refractivity contribution in [2.75, 3.05) is 64.4 Å². The molecule has 5 rings (SSSR count). The van der Waals surface area contributed by atoms with E-state index < -0.39 is 0 Å². The molecular formula is C32H36Cl2N4O4. The summed E-state index contributed by atoms with van der Waals surface area (Å²) < 4.78 is 21.7. The lowest BCUT2D eigenvalue weighted by Crippen LogP contribution is -2.31. The molecule has 0 amide bonds. The third-order valence-electron chi connectivity index (χ3n) is 7.20. The molecule has 0 unspecified atom stereocenters. The summed E-state index contributed by atoms with van der Waals surface area (Å²) in [5, 5.41) is 0.902. The summed E-state index contributed by atoms with van der Waals surface area (Å²) in [6.07, 6.45) is 4.74. The molecule has 4 aromatic rings. The molecule has 2 aromatic heterocycles. The van der Waals surface area contributed by atoms with Crippen LogP contribution in [0.15, 0.2) is 60.9 Å². The van der Waals surface area contributed by atoms with E-state index in [0.717, 1.165) is 66.5 Å². The Kier molecular flexibility index (Phi) is 10.2. The lowest BCUT2D eigenvalue weighted by molar-refractivity contribution is 0.395. The van der Waals surface area contributed by atoms with Crippen LogP contribution < -0.4 is 28.7 Å². The number of benzene rings is 2. The second-order valence-electron chi connectivity index (χ2n) is 9.53. The molecule has 2 aromatic carbocycles. The fourth-order valence-electron chi connectivity index (χ4n) is 4.94. The number of nitrogens with zero attached hydrogens (tertiary/aromatic N) is 4. The highest BCUT2D eigenvalue weighted by Gasteiger charge is 2.19. The summed E-state index contributed by atoms with van der Waals surface area (Å²) in [6.45, 7) is 3.50. The van der Waals surface area contributed by atoms with Gasteiger partial charge < -0.3 is 28.7 Å². The topological polar surface area (TPSA) is 69.2 Å². The predicted octanol–water partition coefficient (Wildman–Crippen LogP) is 7.50. The number of halogens is 2. The summed E-state index contributed by atoms with van der Waals surface area (Å²) in [5.41, 5.74) is 3.76. The zero-order valence-corrected chi connectivity index (χ0v) is 25.0. The molecule has 0 bridgehead atoms. The number of anilines is 2. The van der Waals surface area contributed by atoms with Gasteiger partial charge in [-0.15, -0.1) is 0 Å². The number of methoxy groups -OCH3 is 4. The molecule has 0 aliphatic carbocycles. The maximum absolute atomic E-state index is 6.34. The minimum Gasteiger partial charge on any atom is -0.495 e. The lowest BCUT2D eigenvalue weighted by Gasteiger charge is -2.23. The molecular weight excluding hydrogens is 575 g/mol. The van der Waals surface area contributed by atoms with Crippen LogP contribution in [0.25, 0.3) is 22.3 Å². The summed E-state index contributed by atoms with van der Waals surface area (Å²) in [6, 6.07) is 15.8. The van der Waals surface area contributed by atoms with Crippen LogP contribution in [-0.2, 0) is 0 Å². The van der Waals surface area contributed by atoms with E-state index in [4.69, 9.17) is 52.1 Å². The number of pyridine rings is 2. The van der Waals surface area contributed by atoms with Crippen molar-refractivity contribution in [3.63, 3.8) is 0 Å². The van der Waals surface area contributed by atoms with E-state index in [1.807, 2.05) is 36.7 Å². The summed E-state index contributed by atoms with van der Waals surface area (Å²) in [5.74, 6) is 4.13. The highest BCUT2D eigenvalue weighted by atomic mass is 35.5. The molecule has 10 heteroatoms. The van der Waals surface area contributed by atoms with Crippen molar-refractivity contribution >= 4 is 34.8 Å². The smallest absolute Gasteiger partial charge is 0.141 e. The molecule has 1 saturated heterocycles. The van der Waals surface area contributed by atoms with Crippen molar-refractivity contribution in [3.8, 4) is 45.3 Å². The summed E-state index contributed by atoms with van der Waals surface area (Å²) in [7, 11) is 6.36. The fourth-order valence-corrected chi connectivity index (χ4v) is 5.46. The van der Waals surface area contributed by atoms with Crippen LogP contribution >= 0.6 is 23.2 Å². The van der Waals surface area contributed by atoms with Gasteiger partial charge in [-0.05, 0) is 66.1 Å². The van der Waals surface area contributed by atoms with Gasteiger partial charge in [-0.1, -0.05) is 30.6 Å². The van der Waals surface area contributed by atoms with E-state index in [1.54, 1.807) is 28.4 Å². The Morgan fingerprint density at radius 2 is 0.905 bits per heavy atom.